The number of nitrogens with one attached hydrogen (secondary N) is 2. The number of carbonyl (C=O) groups is 2. The van der Waals surface area contributed by atoms with Gasteiger partial charge in [0, 0.05) is 37.1 Å². The minimum absolute atomic E-state index is 0.0239. The van der Waals surface area contributed by atoms with Gasteiger partial charge in [-0.05, 0) is 30.1 Å². The fourth-order valence-electron chi connectivity index (χ4n) is 2.46. The SMILES string of the molecule is O=C(NCCCn1ccnc1)Nc1snc(OCc2ccc(F)cc2F)c1C(=O)O. The second-order valence-electron chi connectivity index (χ2n) is 6.06. The number of carbonyl (C=O) groups excluding carboxylic acids is 1. The van der Waals surface area contributed by atoms with Gasteiger partial charge in [0.1, 0.15) is 23.2 Å². The molecule has 2 heterocycles. The van der Waals surface area contributed by atoms with Crippen LogP contribution in [0.15, 0.2) is 36.9 Å². The van der Waals surface area contributed by atoms with E-state index in [-0.39, 0.29) is 28.6 Å². The molecule has 2 aromatic heterocycles. The Morgan fingerprint density at radius 1 is 1.30 bits per heavy atom. The number of carboxylic acids is 1. The number of ether oxygens (including phenoxy) is 1. The number of hydrogen-bond donors (Lipinski definition) is 3. The van der Waals surface area contributed by atoms with Crippen LogP contribution in [-0.4, -0.2) is 37.6 Å². The molecule has 158 valence electrons. The highest BCUT2D eigenvalue weighted by atomic mass is 32.1. The first-order valence-corrected chi connectivity index (χ1v) is 9.51. The molecule has 0 saturated carbocycles. The summed E-state index contributed by atoms with van der Waals surface area (Å²) in [6.07, 6.45) is 5.77. The first-order chi connectivity index (χ1) is 14.4. The number of aryl methyl sites for hydroxylation is 1. The summed E-state index contributed by atoms with van der Waals surface area (Å²) in [5.41, 5.74) is -0.318. The maximum Gasteiger partial charge on any atom is 0.344 e. The summed E-state index contributed by atoms with van der Waals surface area (Å²) in [7, 11) is 0. The molecule has 0 spiro atoms. The normalized spacial score (nSPS) is 10.6. The van der Waals surface area contributed by atoms with Gasteiger partial charge >= 0.3 is 12.0 Å². The van der Waals surface area contributed by atoms with E-state index in [0.717, 1.165) is 17.6 Å². The molecule has 3 N–H and O–H groups in total. The number of aromatic nitrogens is 3. The largest absolute Gasteiger partial charge is 0.477 e. The average molecular weight is 437 g/mol. The third kappa shape index (κ3) is 5.50. The lowest BCUT2D eigenvalue weighted by atomic mass is 10.2. The van der Waals surface area contributed by atoms with Gasteiger partial charge in [0.05, 0.1) is 6.33 Å². The van der Waals surface area contributed by atoms with Gasteiger partial charge < -0.3 is 19.7 Å². The molecule has 30 heavy (non-hydrogen) atoms. The van der Waals surface area contributed by atoms with Crippen molar-refractivity contribution >= 4 is 28.5 Å². The number of carboxylic acid groups (broad SMARTS) is 1. The summed E-state index contributed by atoms with van der Waals surface area (Å²) in [5.74, 6) is -3.20. The van der Waals surface area contributed by atoms with Crippen molar-refractivity contribution in [2.24, 2.45) is 0 Å². The summed E-state index contributed by atoms with van der Waals surface area (Å²) in [4.78, 5) is 27.5. The van der Waals surface area contributed by atoms with Crippen molar-refractivity contribution in [1.29, 1.82) is 0 Å². The van der Waals surface area contributed by atoms with E-state index in [4.69, 9.17) is 4.74 Å². The van der Waals surface area contributed by atoms with E-state index in [1.807, 2.05) is 4.57 Å². The number of hydrogen-bond acceptors (Lipinski definition) is 6. The number of aromatic carboxylic acids is 1. The Kier molecular flexibility index (Phi) is 6.91. The van der Waals surface area contributed by atoms with Crippen molar-refractivity contribution in [3.8, 4) is 5.88 Å². The van der Waals surface area contributed by atoms with Crippen LogP contribution in [0.1, 0.15) is 22.3 Å². The summed E-state index contributed by atoms with van der Waals surface area (Å²) in [5, 5.41) is 14.5. The smallest absolute Gasteiger partial charge is 0.344 e. The fraction of sp³-hybridized carbons (Fsp3) is 0.222. The second-order valence-corrected chi connectivity index (χ2v) is 6.83. The zero-order valence-electron chi connectivity index (χ0n) is 15.5. The Morgan fingerprint density at radius 2 is 2.13 bits per heavy atom. The minimum Gasteiger partial charge on any atom is -0.477 e. The zero-order valence-corrected chi connectivity index (χ0v) is 16.3. The lowest BCUT2D eigenvalue weighted by Crippen LogP contribution is -2.30. The van der Waals surface area contributed by atoms with E-state index in [0.29, 0.717) is 25.6 Å². The summed E-state index contributed by atoms with van der Waals surface area (Å²) in [6.45, 7) is 0.674. The van der Waals surface area contributed by atoms with Crippen LogP contribution in [0.5, 0.6) is 5.88 Å². The Balaban J connectivity index is 1.56. The molecule has 0 saturated heterocycles. The monoisotopic (exact) mass is 437 g/mol. The predicted molar refractivity (Wildman–Crippen MR) is 104 cm³/mol. The number of anilines is 1. The van der Waals surface area contributed by atoms with Crippen molar-refractivity contribution in [2.45, 2.75) is 19.6 Å². The molecular formula is C18H17F2N5O4S. The predicted octanol–water partition coefficient (Wildman–Crippen LogP) is 3.11. The molecule has 0 unspecified atom stereocenters. The lowest BCUT2D eigenvalue weighted by molar-refractivity contribution is 0.0693. The summed E-state index contributed by atoms with van der Waals surface area (Å²) >= 11 is 0.718. The first kappa shape index (κ1) is 21.2. The number of urea groups is 1. The van der Waals surface area contributed by atoms with E-state index >= 15 is 0 Å². The van der Waals surface area contributed by atoms with Gasteiger partial charge in [-0.25, -0.2) is 23.4 Å². The van der Waals surface area contributed by atoms with Crippen LogP contribution in [-0.2, 0) is 13.2 Å². The number of amides is 2. The highest BCUT2D eigenvalue weighted by Crippen LogP contribution is 2.31. The van der Waals surface area contributed by atoms with E-state index in [1.165, 1.54) is 6.07 Å². The molecule has 0 atom stereocenters. The summed E-state index contributed by atoms with van der Waals surface area (Å²) in [6, 6.07) is 2.35. The molecule has 9 nitrogen and oxygen atoms in total. The quantitative estimate of drug-likeness (QED) is 0.443. The number of rotatable bonds is 9. The standard InChI is InChI=1S/C18H17F2N5O4S/c19-12-3-2-11(13(20)8-12)9-29-15-14(17(26)27)16(30-24-15)23-18(28)22-4-1-6-25-7-5-21-10-25/h2-3,5,7-8,10H,1,4,6,9H2,(H,26,27)(H2,22,23,28). The molecule has 0 bridgehead atoms. The Bertz CT molecular complexity index is 1030. The maximum atomic E-state index is 13.7. The molecule has 3 rings (SSSR count). The Labute approximate surface area is 173 Å². The third-order valence-corrected chi connectivity index (χ3v) is 4.66. The van der Waals surface area contributed by atoms with Gasteiger partial charge in [0.15, 0.2) is 5.56 Å². The van der Waals surface area contributed by atoms with Crippen molar-refractivity contribution in [2.75, 3.05) is 11.9 Å². The highest BCUT2D eigenvalue weighted by Gasteiger charge is 2.23. The van der Waals surface area contributed by atoms with E-state index in [1.54, 1.807) is 18.7 Å². The first-order valence-electron chi connectivity index (χ1n) is 8.74. The van der Waals surface area contributed by atoms with E-state index in [9.17, 15) is 23.5 Å². The molecular weight excluding hydrogens is 420 g/mol. The van der Waals surface area contributed by atoms with Gasteiger partial charge in [0.25, 0.3) is 0 Å². The Hall–Kier alpha value is -3.54. The van der Waals surface area contributed by atoms with Crippen molar-refractivity contribution in [3.63, 3.8) is 0 Å². The third-order valence-electron chi connectivity index (χ3n) is 3.92. The van der Waals surface area contributed by atoms with Crippen LogP contribution in [0.25, 0.3) is 0 Å². The summed E-state index contributed by atoms with van der Waals surface area (Å²) < 4.78 is 37.7. The van der Waals surface area contributed by atoms with Crippen LogP contribution < -0.4 is 15.4 Å². The molecule has 0 radical (unpaired) electrons. The van der Waals surface area contributed by atoms with Gasteiger partial charge in [-0.15, -0.1) is 0 Å². The van der Waals surface area contributed by atoms with Crippen LogP contribution in [0, 0.1) is 11.6 Å². The van der Waals surface area contributed by atoms with Crippen LogP contribution in [0.4, 0.5) is 18.6 Å². The number of imidazole rings is 1. The van der Waals surface area contributed by atoms with E-state index < -0.39 is 23.6 Å². The van der Waals surface area contributed by atoms with Crippen LogP contribution >= 0.6 is 11.5 Å². The molecule has 3 aromatic rings. The fourth-order valence-corrected chi connectivity index (χ4v) is 3.19. The van der Waals surface area contributed by atoms with Crippen molar-refractivity contribution in [3.05, 3.63) is 59.7 Å². The van der Waals surface area contributed by atoms with Gasteiger partial charge in [0.2, 0.25) is 5.88 Å². The van der Waals surface area contributed by atoms with Crippen LogP contribution in [0.3, 0.4) is 0 Å². The van der Waals surface area contributed by atoms with Crippen molar-refractivity contribution < 1.29 is 28.2 Å². The molecule has 1 aromatic carbocycles. The van der Waals surface area contributed by atoms with Gasteiger partial charge in [-0.2, -0.15) is 4.37 Å². The second kappa shape index (κ2) is 9.78. The molecule has 0 fully saturated rings. The molecule has 2 amide bonds. The molecule has 0 aliphatic heterocycles. The zero-order chi connectivity index (χ0) is 21.5. The van der Waals surface area contributed by atoms with Crippen LogP contribution in [0.2, 0.25) is 0 Å². The average Bonchev–Trinajstić information content (AvgIpc) is 3.34. The molecule has 0 aliphatic carbocycles. The topological polar surface area (TPSA) is 118 Å². The highest BCUT2D eigenvalue weighted by molar-refractivity contribution is 7.11. The lowest BCUT2D eigenvalue weighted by Gasteiger charge is -2.08. The molecule has 0 aliphatic rings. The number of nitrogens with zero attached hydrogens (tertiary/aromatic N) is 3. The maximum absolute atomic E-state index is 13.7. The number of benzene rings is 1. The van der Waals surface area contributed by atoms with E-state index in [2.05, 4.69) is 20.0 Å². The number of halogens is 2. The van der Waals surface area contributed by atoms with Gasteiger partial charge in [-0.1, -0.05) is 0 Å². The minimum atomic E-state index is -1.37. The van der Waals surface area contributed by atoms with Gasteiger partial charge in [-0.3, -0.25) is 5.32 Å². The van der Waals surface area contributed by atoms with Crippen molar-refractivity contribution in [1.82, 2.24) is 19.2 Å². The Morgan fingerprint density at radius 3 is 2.83 bits per heavy atom. The molecule has 12 heteroatoms.